The lowest BCUT2D eigenvalue weighted by molar-refractivity contribution is 0.225. The molecule has 336 valence electrons. The van der Waals surface area contributed by atoms with Crippen molar-refractivity contribution < 1.29 is 5.11 Å². The third kappa shape index (κ3) is 8.74. The predicted molar refractivity (Wildman–Crippen MR) is 283 cm³/mol. The van der Waals surface area contributed by atoms with Crippen LogP contribution in [0.2, 0.25) is 0 Å². The molecule has 0 fully saturated rings. The lowest BCUT2D eigenvalue weighted by Crippen LogP contribution is -2.33. The van der Waals surface area contributed by atoms with E-state index >= 15 is 0 Å². The molecule has 1 N–H and O–H groups in total. The zero-order valence-electron chi connectivity index (χ0n) is 41.0. The maximum absolute atomic E-state index is 11.8. The van der Waals surface area contributed by atoms with Crippen LogP contribution in [-0.2, 0) is 16.2 Å². The molecule has 0 unspecified atom stereocenters. The van der Waals surface area contributed by atoms with E-state index in [9.17, 15) is 5.11 Å². The van der Waals surface area contributed by atoms with Gasteiger partial charge in [-0.2, -0.15) is 0 Å². The van der Waals surface area contributed by atoms with Crippen LogP contribution in [0.25, 0.3) is 83.9 Å². The molecule has 0 spiro atoms. The standard InChI is InChI=1S/C63H63N3O/c1-60(2,3)49-29-31-55(52(39-49)43-21-16-13-17-22-43)66-56-24-18-23-51(58(56)65-59(66)53-40-50(61(4,5)6)30-32-57(53)67)46-35-45(41-19-14-12-15-20-41)36-47(37-46)54-38-44(33-34-64-54)42-25-27-48(28-26-42)63(10,11)62(7,8)9/h12-40,67H,1-11H3. The van der Waals surface area contributed by atoms with Crippen LogP contribution in [0.3, 0.4) is 0 Å². The van der Waals surface area contributed by atoms with Gasteiger partial charge in [-0.25, -0.2) is 4.98 Å². The van der Waals surface area contributed by atoms with Gasteiger partial charge in [-0.3, -0.25) is 9.55 Å². The maximum Gasteiger partial charge on any atom is 0.149 e. The van der Waals surface area contributed by atoms with Gasteiger partial charge in [0.1, 0.15) is 11.6 Å². The quantitative estimate of drug-likeness (QED) is 0.165. The van der Waals surface area contributed by atoms with Crippen molar-refractivity contribution in [3.05, 3.63) is 193 Å². The zero-order chi connectivity index (χ0) is 47.5. The molecule has 9 aromatic rings. The molecule has 0 radical (unpaired) electrons. The number of benzene rings is 7. The van der Waals surface area contributed by atoms with E-state index in [0.717, 1.165) is 78.0 Å². The number of imidazole rings is 1. The molecule has 4 heteroatoms. The minimum Gasteiger partial charge on any atom is -0.507 e. The molecule has 0 aliphatic heterocycles. The summed E-state index contributed by atoms with van der Waals surface area (Å²) in [6.07, 6.45) is 1.93. The maximum atomic E-state index is 11.8. The van der Waals surface area contributed by atoms with Crippen LogP contribution in [0.1, 0.15) is 92.9 Å². The third-order valence-electron chi connectivity index (χ3n) is 14.2. The molecular formula is C63H63N3O. The monoisotopic (exact) mass is 877 g/mol. The van der Waals surface area contributed by atoms with E-state index in [4.69, 9.17) is 9.97 Å². The van der Waals surface area contributed by atoms with Crippen molar-refractivity contribution >= 4 is 11.0 Å². The van der Waals surface area contributed by atoms with Crippen LogP contribution < -0.4 is 0 Å². The van der Waals surface area contributed by atoms with Gasteiger partial charge in [0, 0.05) is 22.9 Å². The molecule has 0 atom stereocenters. The highest BCUT2D eigenvalue weighted by molar-refractivity contribution is 5.98. The fraction of sp³-hybridized carbons (Fsp3) is 0.238. The number of hydrogen-bond acceptors (Lipinski definition) is 3. The van der Waals surface area contributed by atoms with E-state index in [0.29, 0.717) is 11.4 Å². The van der Waals surface area contributed by atoms with Gasteiger partial charge in [-0.15, -0.1) is 0 Å². The van der Waals surface area contributed by atoms with E-state index in [2.05, 4.69) is 238 Å². The summed E-state index contributed by atoms with van der Waals surface area (Å²) >= 11 is 0. The lowest BCUT2D eigenvalue weighted by Gasteiger charge is -2.39. The van der Waals surface area contributed by atoms with Gasteiger partial charge in [-0.1, -0.05) is 185 Å². The Morgan fingerprint density at radius 2 is 0.985 bits per heavy atom. The van der Waals surface area contributed by atoms with E-state index in [-0.39, 0.29) is 27.4 Å². The van der Waals surface area contributed by atoms with Crippen LogP contribution in [0.4, 0.5) is 0 Å². The van der Waals surface area contributed by atoms with E-state index in [1.54, 1.807) is 0 Å². The van der Waals surface area contributed by atoms with Gasteiger partial charge in [0.05, 0.1) is 28.0 Å². The summed E-state index contributed by atoms with van der Waals surface area (Å²) in [6.45, 7) is 25.0. The molecule has 4 nitrogen and oxygen atoms in total. The second-order valence-corrected chi connectivity index (χ2v) is 21.8. The first kappa shape index (κ1) is 45.1. The number of rotatable bonds is 8. The van der Waals surface area contributed by atoms with Crippen molar-refractivity contribution in [3.63, 3.8) is 0 Å². The largest absolute Gasteiger partial charge is 0.507 e. The highest BCUT2D eigenvalue weighted by atomic mass is 16.3. The highest BCUT2D eigenvalue weighted by Crippen LogP contribution is 2.44. The summed E-state index contributed by atoms with van der Waals surface area (Å²) < 4.78 is 2.26. The number of aromatic hydroxyl groups is 1. The average molecular weight is 878 g/mol. The van der Waals surface area contributed by atoms with Crippen LogP contribution in [0.5, 0.6) is 5.75 Å². The van der Waals surface area contributed by atoms with Crippen LogP contribution in [-0.4, -0.2) is 19.6 Å². The fourth-order valence-electron chi connectivity index (χ4n) is 8.99. The first-order valence-electron chi connectivity index (χ1n) is 23.6. The molecule has 9 rings (SSSR count). The summed E-state index contributed by atoms with van der Waals surface area (Å²) in [5.41, 5.74) is 17.7. The van der Waals surface area contributed by atoms with Gasteiger partial charge < -0.3 is 5.11 Å². The first-order valence-corrected chi connectivity index (χ1v) is 23.6. The average Bonchev–Trinajstić information content (AvgIpc) is 3.70. The normalized spacial score (nSPS) is 12.5. The van der Waals surface area contributed by atoms with Crippen molar-refractivity contribution in [3.8, 4) is 78.6 Å². The summed E-state index contributed by atoms with van der Waals surface area (Å²) in [5, 5.41) is 11.8. The first-order chi connectivity index (χ1) is 31.8. The number of phenols is 1. The third-order valence-corrected chi connectivity index (χ3v) is 14.2. The molecule has 0 saturated heterocycles. The smallest absolute Gasteiger partial charge is 0.149 e. The van der Waals surface area contributed by atoms with Gasteiger partial charge in [0.15, 0.2) is 0 Å². The zero-order valence-corrected chi connectivity index (χ0v) is 41.0. The van der Waals surface area contributed by atoms with E-state index in [1.807, 2.05) is 18.3 Å². The molecule has 0 bridgehead atoms. The molecule has 0 amide bonds. The summed E-state index contributed by atoms with van der Waals surface area (Å²) in [4.78, 5) is 10.6. The van der Waals surface area contributed by atoms with Crippen molar-refractivity contribution in [2.45, 2.75) is 92.4 Å². The van der Waals surface area contributed by atoms with Crippen molar-refractivity contribution in [2.24, 2.45) is 5.41 Å². The highest BCUT2D eigenvalue weighted by Gasteiger charge is 2.34. The molecule has 7 aromatic carbocycles. The van der Waals surface area contributed by atoms with Crippen molar-refractivity contribution in [1.29, 1.82) is 0 Å². The number of pyridine rings is 1. The number of para-hydroxylation sites is 1. The van der Waals surface area contributed by atoms with Crippen LogP contribution in [0.15, 0.2) is 176 Å². The molecule has 67 heavy (non-hydrogen) atoms. The van der Waals surface area contributed by atoms with Crippen molar-refractivity contribution in [1.82, 2.24) is 14.5 Å². The Labute approximate surface area is 398 Å². The Kier molecular flexibility index (Phi) is 11.4. The SMILES string of the molecule is CC(C)(C)c1ccc(O)c(-c2nc3c(-c4cc(-c5ccccc5)cc(-c5cc(-c6ccc(C(C)(C)C(C)(C)C)cc6)ccn5)c4)cccc3n2-c2ccc(C(C)(C)C)cc2-c2ccccc2)c1. The van der Waals surface area contributed by atoms with E-state index < -0.39 is 0 Å². The summed E-state index contributed by atoms with van der Waals surface area (Å²) in [7, 11) is 0. The Morgan fingerprint density at radius 1 is 0.418 bits per heavy atom. The fourth-order valence-corrected chi connectivity index (χ4v) is 8.99. The molecule has 0 aliphatic carbocycles. The molecular weight excluding hydrogens is 815 g/mol. The number of phenolic OH excluding ortho intramolecular Hbond substituents is 1. The molecule has 2 aromatic heterocycles. The van der Waals surface area contributed by atoms with E-state index in [1.165, 1.54) is 11.1 Å². The second-order valence-electron chi connectivity index (χ2n) is 21.8. The second kappa shape index (κ2) is 17.0. The number of nitrogens with zero attached hydrogens (tertiary/aromatic N) is 3. The summed E-state index contributed by atoms with van der Waals surface area (Å²) in [5.74, 6) is 0.864. The number of hydrogen-bond donors (Lipinski definition) is 1. The van der Waals surface area contributed by atoms with Gasteiger partial charge in [-0.05, 0) is 132 Å². The Balaban J connectivity index is 1.28. The Morgan fingerprint density at radius 3 is 1.63 bits per heavy atom. The van der Waals surface area contributed by atoms with Crippen molar-refractivity contribution in [2.75, 3.05) is 0 Å². The molecule has 0 aliphatic rings. The molecule has 0 saturated carbocycles. The number of aromatic nitrogens is 3. The van der Waals surface area contributed by atoms with Gasteiger partial charge in [0.2, 0.25) is 0 Å². The lowest BCUT2D eigenvalue weighted by atomic mass is 9.65. The van der Waals surface area contributed by atoms with Gasteiger partial charge >= 0.3 is 0 Å². The minimum absolute atomic E-state index is 0.0145. The topological polar surface area (TPSA) is 50.9 Å². The summed E-state index contributed by atoms with van der Waals surface area (Å²) in [6, 6.07) is 60.6. The van der Waals surface area contributed by atoms with Crippen LogP contribution >= 0.6 is 0 Å². The molecule has 2 heterocycles. The Hall–Kier alpha value is -7.04. The predicted octanol–water partition coefficient (Wildman–Crippen LogP) is 17.0. The number of fused-ring (bicyclic) bond motifs is 1. The minimum atomic E-state index is -0.153. The van der Waals surface area contributed by atoms with Gasteiger partial charge in [0.25, 0.3) is 0 Å². The Bertz CT molecular complexity index is 3240. The van der Waals surface area contributed by atoms with Crippen LogP contribution in [0, 0.1) is 5.41 Å².